The molecule has 1 atom stereocenters. The maximum Gasteiger partial charge on any atom is 0.122 e. The second kappa shape index (κ2) is 3.95. The molecule has 3 heteroatoms. The largest absolute Gasteiger partial charge is 0.373 e. The number of hydrogen-bond donors (Lipinski definition) is 0. The standard InChI is InChI=1S/C13H24FNO/c1-12(2,3)16-11-7-10(8-11)15-6-5-13(4,14)9-15/h10-11H,5-9H2,1-4H3. The molecule has 94 valence electrons. The highest BCUT2D eigenvalue weighted by Gasteiger charge is 2.42. The van der Waals surface area contributed by atoms with Crippen molar-refractivity contribution in [2.24, 2.45) is 0 Å². The lowest BCUT2D eigenvalue weighted by Gasteiger charge is -2.43. The minimum atomic E-state index is -0.962. The third-order valence-corrected chi connectivity index (χ3v) is 3.56. The molecule has 0 bridgehead atoms. The molecule has 1 aliphatic carbocycles. The average molecular weight is 229 g/mol. The lowest BCUT2D eigenvalue weighted by atomic mass is 9.87. The molecule has 2 fully saturated rings. The van der Waals surface area contributed by atoms with Crippen molar-refractivity contribution in [3.63, 3.8) is 0 Å². The van der Waals surface area contributed by atoms with Gasteiger partial charge in [-0.15, -0.1) is 0 Å². The van der Waals surface area contributed by atoms with Crippen LogP contribution < -0.4 is 0 Å². The Bertz CT molecular complexity index is 253. The van der Waals surface area contributed by atoms with E-state index >= 15 is 0 Å². The summed E-state index contributed by atoms with van der Waals surface area (Å²) in [5, 5.41) is 0. The van der Waals surface area contributed by atoms with E-state index in [-0.39, 0.29) is 5.60 Å². The van der Waals surface area contributed by atoms with Crippen LogP contribution in [0.5, 0.6) is 0 Å². The Kier molecular flexibility index (Phi) is 3.04. The Morgan fingerprint density at radius 1 is 1.31 bits per heavy atom. The van der Waals surface area contributed by atoms with Crippen LogP contribution in [0.15, 0.2) is 0 Å². The first kappa shape index (κ1) is 12.3. The molecule has 1 saturated carbocycles. The summed E-state index contributed by atoms with van der Waals surface area (Å²) in [6.07, 6.45) is 3.23. The van der Waals surface area contributed by atoms with Crippen LogP contribution in [0, 0.1) is 0 Å². The van der Waals surface area contributed by atoms with Crippen LogP contribution in [0.25, 0.3) is 0 Å². The molecule has 0 aromatic carbocycles. The van der Waals surface area contributed by atoms with Gasteiger partial charge in [-0.3, -0.25) is 4.90 Å². The first-order chi connectivity index (χ1) is 7.25. The van der Waals surface area contributed by atoms with Gasteiger partial charge in [-0.2, -0.15) is 0 Å². The zero-order valence-corrected chi connectivity index (χ0v) is 10.9. The van der Waals surface area contributed by atoms with Crippen LogP contribution in [0.2, 0.25) is 0 Å². The van der Waals surface area contributed by atoms with E-state index in [4.69, 9.17) is 4.74 Å². The van der Waals surface area contributed by atoms with E-state index in [1.807, 2.05) is 0 Å². The van der Waals surface area contributed by atoms with Crippen molar-refractivity contribution >= 4 is 0 Å². The number of nitrogens with zero attached hydrogens (tertiary/aromatic N) is 1. The molecule has 0 N–H and O–H groups in total. The fourth-order valence-electron chi connectivity index (χ4n) is 2.70. The summed E-state index contributed by atoms with van der Waals surface area (Å²) in [5.74, 6) is 0. The van der Waals surface area contributed by atoms with Crippen LogP contribution >= 0.6 is 0 Å². The van der Waals surface area contributed by atoms with Crippen LogP contribution in [-0.2, 0) is 4.74 Å². The summed E-state index contributed by atoms with van der Waals surface area (Å²) >= 11 is 0. The molecule has 2 rings (SSSR count). The van der Waals surface area contributed by atoms with Gasteiger partial charge in [-0.1, -0.05) is 0 Å². The SMILES string of the molecule is CC1(F)CCN(C2CC(OC(C)(C)C)C2)C1. The minimum absolute atomic E-state index is 0.0464. The normalized spacial score (nSPS) is 41.1. The van der Waals surface area contributed by atoms with Crippen molar-refractivity contribution in [2.75, 3.05) is 13.1 Å². The first-order valence-corrected chi connectivity index (χ1v) is 6.36. The molecule has 0 aromatic heterocycles. The molecule has 1 unspecified atom stereocenters. The maximum absolute atomic E-state index is 13.7. The first-order valence-electron chi connectivity index (χ1n) is 6.36. The molecule has 1 saturated heterocycles. The van der Waals surface area contributed by atoms with Crippen molar-refractivity contribution in [3.05, 3.63) is 0 Å². The second-order valence-electron chi connectivity index (χ2n) is 6.61. The van der Waals surface area contributed by atoms with E-state index in [1.165, 1.54) is 0 Å². The molecule has 16 heavy (non-hydrogen) atoms. The van der Waals surface area contributed by atoms with Crippen LogP contribution in [0.1, 0.15) is 47.0 Å². The second-order valence-corrected chi connectivity index (χ2v) is 6.61. The third-order valence-electron chi connectivity index (χ3n) is 3.56. The zero-order chi connectivity index (χ0) is 12.0. The maximum atomic E-state index is 13.7. The van der Waals surface area contributed by atoms with Gasteiger partial charge in [-0.05, 0) is 47.0 Å². The van der Waals surface area contributed by atoms with Crippen molar-refractivity contribution in [1.29, 1.82) is 0 Å². The topological polar surface area (TPSA) is 12.5 Å². The van der Waals surface area contributed by atoms with E-state index in [0.717, 1.165) is 19.4 Å². The Labute approximate surface area is 98.1 Å². The molecule has 0 aromatic rings. The van der Waals surface area contributed by atoms with E-state index < -0.39 is 5.67 Å². The van der Waals surface area contributed by atoms with E-state index in [2.05, 4.69) is 25.7 Å². The Hall–Kier alpha value is -0.150. The molecule has 2 nitrogen and oxygen atoms in total. The fourth-order valence-corrected chi connectivity index (χ4v) is 2.70. The number of alkyl halides is 1. The minimum Gasteiger partial charge on any atom is -0.373 e. The predicted molar refractivity (Wildman–Crippen MR) is 63.4 cm³/mol. The van der Waals surface area contributed by atoms with Gasteiger partial charge < -0.3 is 4.74 Å². The quantitative estimate of drug-likeness (QED) is 0.722. The van der Waals surface area contributed by atoms with Gasteiger partial charge in [0, 0.05) is 19.1 Å². The molecular weight excluding hydrogens is 205 g/mol. The number of hydrogen-bond acceptors (Lipinski definition) is 2. The molecular formula is C13H24FNO. The van der Waals surface area contributed by atoms with E-state index in [1.54, 1.807) is 6.92 Å². The van der Waals surface area contributed by atoms with Crippen molar-refractivity contribution < 1.29 is 9.13 Å². The highest BCUT2D eigenvalue weighted by atomic mass is 19.1. The van der Waals surface area contributed by atoms with Crippen molar-refractivity contribution in [1.82, 2.24) is 4.90 Å². The molecule has 1 heterocycles. The van der Waals surface area contributed by atoms with Gasteiger partial charge in [0.1, 0.15) is 5.67 Å². The Morgan fingerprint density at radius 2 is 1.94 bits per heavy atom. The summed E-state index contributed by atoms with van der Waals surface area (Å²) in [7, 11) is 0. The van der Waals surface area contributed by atoms with Crippen LogP contribution in [0.4, 0.5) is 4.39 Å². The van der Waals surface area contributed by atoms with Crippen molar-refractivity contribution in [3.8, 4) is 0 Å². The number of rotatable bonds is 2. The average Bonchev–Trinajstić information content (AvgIpc) is 2.35. The fraction of sp³-hybridized carbons (Fsp3) is 1.00. The third kappa shape index (κ3) is 2.95. The zero-order valence-electron chi connectivity index (χ0n) is 10.9. The summed E-state index contributed by atoms with van der Waals surface area (Å²) in [5.41, 5.74) is -1.01. The van der Waals surface area contributed by atoms with Gasteiger partial charge in [-0.25, -0.2) is 4.39 Å². The van der Waals surface area contributed by atoms with Crippen molar-refractivity contribution in [2.45, 2.75) is 70.4 Å². The number of likely N-dealkylation sites (tertiary alicyclic amines) is 1. The highest BCUT2D eigenvalue weighted by molar-refractivity contribution is 4.96. The van der Waals surface area contributed by atoms with E-state index in [9.17, 15) is 4.39 Å². The molecule has 1 aliphatic heterocycles. The molecule has 0 spiro atoms. The highest BCUT2D eigenvalue weighted by Crippen LogP contribution is 2.36. The van der Waals surface area contributed by atoms with Gasteiger partial charge >= 0.3 is 0 Å². The van der Waals surface area contributed by atoms with Gasteiger partial charge in [0.25, 0.3) is 0 Å². The summed E-state index contributed by atoms with van der Waals surface area (Å²) in [4.78, 5) is 2.29. The van der Waals surface area contributed by atoms with Gasteiger partial charge in [0.15, 0.2) is 0 Å². The predicted octanol–water partition coefficient (Wildman–Crippen LogP) is 2.77. The van der Waals surface area contributed by atoms with Crippen LogP contribution in [-0.4, -0.2) is 41.4 Å². The van der Waals surface area contributed by atoms with Gasteiger partial charge in [0.2, 0.25) is 0 Å². The Morgan fingerprint density at radius 3 is 2.38 bits per heavy atom. The monoisotopic (exact) mass is 229 g/mol. The summed E-state index contributed by atoms with van der Waals surface area (Å²) < 4.78 is 19.6. The van der Waals surface area contributed by atoms with Crippen LogP contribution in [0.3, 0.4) is 0 Å². The molecule has 0 radical (unpaired) electrons. The van der Waals surface area contributed by atoms with Gasteiger partial charge in [0.05, 0.1) is 11.7 Å². The summed E-state index contributed by atoms with van der Waals surface area (Å²) in [6.45, 7) is 9.52. The number of ether oxygens (including phenoxy) is 1. The van der Waals surface area contributed by atoms with E-state index in [0.29, 0.717) is 25.1 Å². The summed E-state index contributed by atoms with van der Waals surface area (Å²) in [6, 6.07) is 0.560. The smallest absolute Gasteiger partial charge is 0.122 e. The molecule has 2 aliphatic rings. The Balaban J connectivity index is 1.73. The lowest BCUT2D eigenvalue weighted by molar-refractivity contribution is -0.118. The molecule has 0 amide bonds. The lowest BCUT2D eigenvalue weighted by Crippen LogP contribution is -2.49. The number of halogens is 1.